The average Bonchev–Trinajstić information content (AvgIpc) is 3.13. The maximum atomic E-state index is 6.68. The van der Waals surface area contributed by atoms with E-state index in [9.17, 15) is 0 Å². The van der Waals surface area contributed by atoms with Crippen molar-refractivity contribution >= 4 is 0 Å². The standard InChI is InChI=1S/C15H28N4O/c1-5-15(3,18-9-7-8-10-18)14(16)13-12(20-4)11-17-19(13)6-2/h11,14H,5-10,16H2,1-4H3. The van der Waals surface area contributed by atoms with Gasteiger partial charge in [0.2, 0.25) is 0 Å². The number of nitrogens with two attached hydrogens (primary N) is 1. The van der Waals surface area contributed by atoms with E-state index in [0.29, 0.717) is 0 Å². The van der Waals surface area contributed by atoms with Gasteiger partial charge in [-0.3, -0.25) is 9.58 Å². The molecule has 20 heavy (non-hydrogen) atoms. The Hall–Kier alpha value is -1.07. The van der Waals surface area contributed by atoms with Gasteiger partial charge in [-0.15, -0.1) is 0 Å². The lowest BCUT2D eigenvalue weighted by molar-refractivity contribution is 0.0954. The minimum atomic E-state index is -0.0944. The van der Waals surface area contributed by atoms with E-state index in [2.05, 4.69) is 30.8 Å². The molecule has 2 atom stereocenters. The van der Waals surface area contributed by atoms with Crippen LogP contribution < -0.4 is 10.5 Å². The van der Waals surface area contributed by atoms with Crippen LogP contribution in [-0.4, -0.2) is 40.4 Å². The fourth-order valence-corrected chi connectivity index (χ4v) is 3.26. The van der Waals surface area contributed by atoms with Crippen LogP contribution in [-0.2, 0) is 6.54 Å². The van der Waals surface area contributed by atoms with E-state index in [1.54, 1.807) is 13.3 Å². The molecule has 1 aromatic rings. The van der Waals surface area contributed by atoms with Crippen molar-refractivity contribution in [2.24, 2.45) is 5.73 Å². The van der Waals surface area contributed by atoms with Crippen molar-refractivity contribution in [3.63, 3.8) is 0 Å². The summed E-state index contributed by atoms with van der Waals surface area (Å²) in [7, 11) is 1.69. The molecule has 2 N–H and O–H groups in total. The summed E-state index contributed by atoms with van der Waals surface area (Å²) in [5.74, 6) is 0.804. The van der Waals surface area contributed by atoms with Gasteiger partial charge in [0.15, 0.2) is 5.75 Å². The zero-order valence-corrected chi connectivity index (χ0v) is 13.2. The van der Waals surface area contributed by atoms with Gasteiger partial charge in [0.05, 0.1) is 25.0 Å². The van der Waals surface area contributed by atoms with Gasteiger partial charge in [-0.05, 0) is 46.2 Å². The van der Waals surface area contributed by atoms with Crippen LogP contribution >= 0.6 is 0 Å². The van der Waals surface area contributed by atoms with Crippen molar-refractivity contribution in [2.75, 3.05) is 20.2 Å². The number of rotatable bonds is 6. The highest BCUT2D eigenvalue weighted by atomic mass is 16.5. The second-order valence-corrected chi connectivity index (χ2v) is 5.80. The minimum Gasteiger partial charge on any atom is -0.493 e. The van der Waals surface area contributed by atoms with E-state index >= 15 is 0 Å². The van der Waals surface area contributed by atoms with Gasteiger partial charge in [0, 0.05) is 12.1 Å². The molecule has 2 heterocycles. The zero-order chi connectivity index (χ0) is 14.8. The molecule has 1 saturated heterocycles. The Morgan fingerprint density at radius 1 is 1.40 bits per heavy atom. The lowest BCUT2D eigenvalue weighted by Crippen LogP contribution is -2.52. The smallest absolute Gasteiger partial charge is 0.161 e. The number of aryl methyl sites for hydroxylation is 1. The van der Waals surface area contributed by atoms with Crippen LogP contribution in [0.4, 0.5) is 0 Å². The highest BCUT2D eigenvalue weighted by Crippen LogP contribution is 2.38. The van der Waals surface area contributed by atoms with E-state index in [-0.39, 0.29) is 11.6 Å². The monoisotopic (exact) mass is 280 g/mol. The van der Waals surface area contributed by atoms with Crippen LogP contribution in [0.25, 0.3) is 0 Å². The Labute approximate surface area is 122 Å². The van der Waals surface area contributed by atoms with E-state index < -0.39 is 0 Å². The Bertz CT molecular complexity index is 418. The summed E-state index contributed by atoms with van der Waals surface area (Å²) < 4.78 is 7.44. The third-order valence-electron chi connectivity index (χ3n) is 4.87. The number of ether oxygens (including phenoxy) is 1. The van der Waals surface area contributed by atoms with E-state index in [1.807, 2.05) is 4.68 Å². The topological polar surface area (TPSA) is 56.3 Å². The average molecular weight is 280 g/mol. The fourth-order valence-electron chi connectivity index (χ4n) is 3.26. The van der Waals surface area contributed by atoms with Crippen molar-refractivity contribution < 1.29 is 4.74 Å². The molecule has 114 valence electrons. The maximum absolute atomic E-state index is 6.68. The number of methoxy groups -OCH3 is 1. The molecule has 0 amide bonds. The molecule has 0 aromatic carbocycles. The second kappa shape index (κ2) is 6.14. The summed E-state index contributed by atoms with van der Waals surface area (Å²) in [4.78, 5) is 2.53. The number of nitrogens with zero attached hydrogens (tertiary/aromatic N) is 3. The Kier molecular flexibility index (Phi) is 4.70. The minimum absolute atomic E-state index is 0.0449. The molecular formula is C15H28N4O. The predicted molar refractivity (Wildman–Crippen MR) is 80.9 cm³/mol. The van der Waals surface area contributed by atoms with Crippen LogP contribution in [0.1, 0.15) is 51.8 Å². The first-order valence-corrected chi connectivity index (χ1v) is 7.68. The number of aromatic nitrogens is 2. The van der Waals surface area contributed by atoms with E-state index in [0.717, 1.165) is 37.5 Å². The summed E-state index contributed by atoms with van der Waals surface area (Å²) >= 11 is 0. The van der Waals surface area contributed by atoms with Gasteiger partial charge in [0.25, 0.3) is 0 Å². The molecular weight excluding hydrogens is 252 g/mol. The summed E-state index contributed by atoms with van der Waals surface area (Å²) in [6, 6.07) is -0.0944. The van der Waals surface area contributed by atoms with E-state index in [4.69, 9.17) is 10.5 Å². The van der Waals surface area contributed by atoms with Gasteiger partial charge in [-0.2, -0.15) is 5.10 Å². The molecule has 0 spiro atoms. The quantitative estimate of drug-likeness (QED) is 0.867. The van der Waals surface area contributed by atoms with Crippen molar-refractivity contribution in [2.45, 2.75) is 58.2 Å². The Morgan fingerprint density at radius 3 is 2.55 bits per heavy atom. The first-order chi connectivity index (χ1) is 9.58. The number of hydrogen-bond acceptors (Lipinski definition) is 4. The summed E-state index contributed by atoms with van der Waals surface area (Å²) in [6.45, 7) is 9.67. The SMILES string of the molecule is CCn1ncc(OC)c1C(N)C(C)(CC)N1CCCC1. The molecule has 1 aliphatic heterocycles. The van der Waals surface area contributed by atoms with Crippen molar-refractivity contribution in [3.8, 4) is 5.75 Å². The number of likely N-dealkylation sites (tertiary alicyclic amines) is 1. The zero-order valence-electron chi connectivity index (χ0n) is 13.2. The van der Waals surface area contributed by atoms with Crippen LogP contribution in [0.2, 0.25) is 0 Å². The molecule has 5 nitrogen and oxygen atoms in total. The Morgan fingerprint density at radius 2 is 2.05 bits per heavy atom. The molecule has 0 aliphatic carbocycles. The molecule has 0 radical (unpaired) electrons. The fraction of sp³-hybridized carbons (Fsp3) is 0.800. The van der Waals surface area contributed by atoms with Crippen LogP contribution in [0.3, 0.4) is 0 Å². The van der Waals surface area contributed by atoms with Crippen LogP contribution in [0, 0.1) is 0 Å². The molecule has 1 fully saturated rings. The summed E-state index contributed by atoms with van der Waals surface area (Å²) in [5.41, 5.74) is 7.65. The predicted octanol–water partition coefficient (Wildman–Crippen LogP) is 2.18. The molecule has 2 unspecified atom stereocenters. The largest absolute Gasteiger partial charge is 0.493 e. The molecule has 1 aliphatic rings. The lowest BCUT2D eigenvalue weighted by atomic mass is 9.85. The van der Waals surface area contributed by atoms with Gasteiger partial charge in [0.1, 0.15) is 0 Å². The second-order valence-electron chi connectivity index (χ2n) is 5.80. The third-order valence-corrected chi connectivity index (χ3v) is 4.87. The third kappa shape index (κ3) is 2.44. The van der Waals surface area contributed by atoms with Crippen molar-refractivity contribution in [1.29, 1.82) is 0 Å². The number of hydrogen-bond donors (Lipinski definition) is 1. The summed E-state index contributed by atoms with van der Waals surface area (Å²) in [6.07, 6.45) is 5.34. The molecule has 1 aromatic heterocycles. The summed E-state index contributed by atoms with van der Waals surface area (Å²) in [5, 5.41) is 4.39. The van der Waals surface area contributed by atoms with Crippen molar-refractivity contribution in [1.82, 2.24) is 14.7 Å². The molecule has 0 saturated carbocycles. The van der Waals surface area contributed by atoms with Gasteiger partial charge < -0.3 is 10.5 Å². The lowest BCUT2D eigenvalue weighted by Gasteiger charge is -2.43. The molecule has 2 rings (SSSR count). The van der Waals surface area contributed by atoms with E-state index in [1.165, 1.54) is 12.8 Å². The van der Waals surface area contributed by atoms with Gasteiger partial charge in [-0.1, -0.05) is 6.92 Å². The molecule has 5 heteroatoms. The highest BCUT2D eigenvalue weighted by Gasteiger charge is 2.41. The Balaban J connectivity index is 2.36. The van der Waals surface area contributed by atoms with Crippen LogP contribution in [0.15, 0.2) is 6.20 Å². The first kappa shape index (κ1) is 15.3. The normalized spacial score (nSPS) is 20.9. The van der Waals surface area contributed by atoms with Crippen molar-refractivity contribution in [3.05, 3.63) is 11.9 Å². The highest BCUT2D eigenvalue weighted by molar-refractivity contribution is 5.31. The molecule has 0 bridgehead atoms. The van der Waals surface area contributed by atoms with Crippen LogP contribution in [0.5, 0.6) is 5.75 Å². The maximum Gasteiger partial charge on any atom is 0.161 e. The van der Waals surface area contributed by atoms with Gasteiger partial charge in [-0.25, -0.2) is 0 Å². The van der Waals surface area contributed by atoms with Gasteiger partial charge >= 0.3 is 0 Å². The first-order valence-electron chi connectivity index (χ1n) is 7.68.